The van der Waals surface area contributed by atoms with Gasteiger partial charge in [-0.05, 0) is 19.1 Å². The highest BCUT2D eigenvalue weighted by Crippen LogP contribution is 2.30. The smallest absolute Gasteiger partial charge is 0.309 e. The van der Waals surface area contributed by atoms with Gasteiger partial charge in [0.1, 0.15) is 0 Å². The van der Waals surface area contributed by atoms with Crippen molar-refractivity contribution in [2.45, 2.75) is 22.6 Å². The Bertz CT molecular complexity index is 605. The van der Waals surface area contributed by atoms with Crippen LogP contribution in [0.2, 0.25) is 0 Å². The Balaban J connectivity index is 2.06. The standard InChI is InChI=1S/C13H11NO3S2/c1-8(15)9-2-4-11(5-3-9)19-13-14-10(7-18-13)6-12(16)17/h2-5,7H,6H2,1H3,(H,16,17). The molecule has 98 valence electrons. The van der Waals surface area contributed by atoms with E-state index < -0.39 is 5.97 Å². The summed E-state index contributed by atoms with van der Waals surface area (Å²) in [6, 6.07) is 7.27. The van der Waals surface area contributed by atoms with Crippen LogP contribution >= 0.6 is 23.1 Å². The second-order valence-corrected chi connectivity index (χ2v) is 6.04. The molecular formula is C13H11NO3S2. The number of thiazole rings is 1. The Hall–Kier alpha value is -1.66. The van der Waals surface area contributed by atoms with Crippen LogP contribution in [0, 0.1) is 0 Å². The third kappa shape index (κ3) is 3.90. The Kier molecular flexibility index (Phi) is 4.34. The van der Waals surface area contributed by atoms with Crippen LogP contribution in [-0.2, 0) is 11.2 Å². The van der Waals surface area contributed by atoms with Crippen molar-refractivity contribution in [3.8, 4) is 0 Å². The minimum atomic E-state index is -0.882. The number of ketones is 1. The first-order valence-electron chi connectivity index (χ1n) is 5.49. The van der Waals surface area contributed by atoms with Gasteiger partial charge < -0.3 is 5.11 Å². The molecule has 0 bridgehead atoms. The minimum Gasteiger partial charge on any atom is -0.481 e. The number of hydrogen-bond acceptors (Lipinski definition) is 5. The van der Waals surface area contributed by atoms with Gasteiger partial charge in [-0.25, -0.2) is 4.98 Å². The largest absolute Gasteiger partial charge is 0.481 e. The monoisotopic (exact) mass is 293 g/mol. The normalized spacial score (nSPS) is 10.4. The predicted octanol–water partition coefficient (Wildman–Crippen LogP) is 3.12. The van der Waals surface area contributed by atoms with Crippen LogP contribution in [0.5, 0.6) is 0 Å². The summed E-state index contributed by atoms with van der Waals surface area (Å²) in [5, 5.41) is 10.4. The number of carbonyl (C=O) groups excluding carboxylic acids is 1. The zero-order valence-electron chi connectivity index (χ0n) is 10.1. The molecule has 1 N–H and O–H groups in total. The molecule has 0 aliphatic rings. The summed E-state index contributed by atoms with van der Waals surface area (Å²) in [4.78, 5) is 26.9. The molecule has 4 nitrogen and oxygen atoms in total. The molecule has 19 heavy (non-hydrogen) atoms. The van der Waals surface area contributed by atoms with Gasteiger partial charge in [0.05, 0.1) is 12.1 Å². The Morgan fingerprint density at radius 1 is 1.32 bits per heavy atom. The van der Waals surface area contributed by atoms with E-state index in [1.165, 1.54) is 30.0 Å². The van der Waals surface area contributed by atoms with E-state index in [0.29, 0.717) is 11.3 Å². The molecule has 1 aromatic heterocycles. The summed E-state index contributed by atoms with van der Waals surface area (Å²) in [6.07, 6.45) is -0.0552. The van der Waals surface area contributed by atoms with Crippen molar-refractivity contribution in [1.82, 2.24) is 4.98 Å². The molecule has 0 spiro atoms. The molecule has 2 rings (SSSR count). The van der Waals surface area contributed by atoms with Crippen LogP contribution in [0.15, 0.2) is 38.9 Å². The average Bonchev–Trinajstić information content (AvgIpc) is 2.76. The van der Waals surface area contributed by atoms with Crippen molar-refractivity contribution in [1.29, 1.82) is 0 Å². The van der Waals surface area contributed by atoms with Crippen LogP contribution in [-0.4, -0.2) is 21.8 Å². The second-order valence-electron chi connectivity index (χ2n) is 3.86. The molecule has 0 fully saturated rings. The zero-order chi connectivity index (χ0) is 13.8. The van der Waals surface area contributed by atoms with Crippen molar-refractivity contribution in [2.24, 2.45) is 0 Å². The van der Waals surface area contributed by atoms with Crippen molar-refractivity contribution in [2.75, 3.05) is 0 Å². The number of hydrogen-bond donors (Lipinski definition) is 1. The Morgan fingerprint density at radius 2 is 2.00 bits per heavy atom. The number of carboxylic acids is 1. The lowest BCUT2D eigenvalue weighted by Crippen LogP contribution is -1.99. The number of carbonyl (C=O) groups is 2. The van der Waals surface area contributed by atoms with Gasteiger partial charge in [0.2, 0.25) is 0 Å². The van der Waals surface area contributed by atoms with E-state index in [2.05, 4.69) is 4.98 Å². The molecule has 0 unspecified atom stereocenters. The fourth-order valence-electron chi connectivity index (χ4n) is 1.43. The molecule has 0 atom stereocenters. The van der Waals surface area contributed by atoms with Crippen molar-refractivity contribution in [3.63, 3.8) is 0 Å². The molecule has 0 amide bonds. The van der Waals surface area contributed by atoms with E-state index in [1.807, 2.05) is 12.1 Å². The van der Waals surface area contributed by atoms with Gasteiger partial charge >= 0.3 is 5.97 Å². The number of benzene rings is 1. The van der Waals surface area contributed by atoms with E-state index in [-0.39, 0.29) is 12.2 Å². The molecule has 0 aliphatic carbocycles. The molecular weight excluding hydrogens is 282 g/mol. The van der Waals surface area contributed by atoms with E-state index in [0.717, 1.165) is 9.24 Å². The summed E-state index contributed by atoms with van der Waals surface area (Å²) >= 11 is 2.88. The van der Waals surface area contributed by atoms with Crippen LogP contribution in [0.25, 0.3) is 0 Å². The topological polar surface area (TPSA) is 67.3 Å². The SMILES string of the molecule is CC(=O)c1ccc(Sc2nc(CC(=O)O)cs2)cc1. The third-order valence-electron chi connectivity index (χ3n) is 2.33. The third-order valence-corrected chi connectivity index (χ3v) is 4.32. The fraction of sp³-hybridized carbons (Fsp3) is 0.154. The summed E-state index contributed by atoms with van der Waals surface area (Å²) in [7, 11) is 0. The van der Waals surface area contributed by atoms with Crippen LogP contribution < -0.4 is 0 Å². The summed E-state index contributed by atoms with van der Waals surface area (Å²) in [5.41, 5.74) is 1.25. The van der Waals surface area contributed by atoms with Crippen LogP contribution in [0.1, 0.15) is 23.0 Å². The van der Waals surface area contributed by atoms with Crippen molar-refractivity contribution in [3.05, 3.63) is 40.9 Å². The molecule has 1 aromatic carbocycles. The summed E-state index contributed by atoms with van der Waals surface area (Å²) in [6.45, 7) is 1.53. The predicted molar refractivity (Wildman–Crippen MR) is 74.0 cm³/mol. The van der Waals surface area contributed by atoms with E-state index >= 15 is 0 Å². The summed E-state index contributed by atoms with van der Waals surface area (Å²) < 4.78 is 0.798. The quantitative estimate of drug-likeness (QED) is 0.858. The van der Waals surface area contributed by atoms with E-state index in [9.17, 15) is 9.59 Å². The van der Waals surface area contributed by atoms with Gasteiger partial charge in [-0.1, -0.05) is 23.9 Å². The number of carboxylic acid groups (broad SMARTS) is 1. The Morgan fingerprint density at radius 3 is 2.58 bits per heavy atom. The number of rotatable bonds is 5. The maximum Gasteiger partial charge on any atom is 0.309 e. The fourth-order valence-corrected chi connectivity index (χ4v) is 3.23. The highest BCUT2D eigenvalue weighted by Gasteiger charge is 2.07. The first-order valence-corrected chi connectivity index (χ1v) is 7.19. The molecule has 0 aliphatic heterocycles. The Labute approximate surface area is 118 Å². The molecule has 0 saturated carbocycles. The van der Waals surface area contributed by atoms with Gasteiger partial charge in [-0.15, -0.1) is 11.3 Å². The van der Waals surface area contributed by atoms with Gasteiger partial charge in [0, 0.05) is 15.8 Å². The summed E-state index contributed by atoms with van der Waals surface area (Å²) in [5.74, 6) is -0.845. The van der Waals surface area contributed by atoms with Gasteiger partial charge in [-0.3, -0.25) is 9.59 Å². The maximum absolute atomic E-state index is 11.1. The van der Waals surface area contributed by atoms with Crippen molar-refractivity contribution >= 4 is 34.9 Å². The minimum absolute atomic E-state index is 0.0366. The molecule has 1 heterocycles. The van der Waals surface area contributed by atoms with Gasteiger partial charge in [-0.2, -0.15) is 0 Å². The molecule has 0 saturated heterocycles. The number of aliphatic carboxylic acids is 1. The first kappa shape index (κ1) is 13.8. The molecule has 2 aromatic rings. The highest BCUT2D eigenvalue weighted by atomic mass is 32.2. The van der Waals surface area contributed by atoms with Gasteiger partial charge in [0.25, 0.3) is 0 Å². The first-order chi connectivity index (χ1) is 9.04. The maximum atomic E-state index is 11.1. The zero-order valence-corrected chi connectivity index (χ0v) is 11.8. The number of Topliss-reactive ketones (excluding diaryl/α,β-unsaturated/α-hetero) is 1. The van der Waals surface area contributed by atoms with Crippen LogP contribution in [0.3, 0.4) is 0 Å². The molecule has 0 radical (unpaired) electrons. The lowest BCUT2D eigenvalue weighted by atomic mass is 10.2. The van der Waals surface area contributed by atoms with Crippen LogP contribution in [0.4, 0.5) is 0 Å². The molecule has 6 heteroatoms. The van der Waals surface area contributed by atoms with Crippen molar-refractivity contribution < 1.29 is 14.7 Å². The number of nitrogens with zero attached hydrogens (tertiary/aromatic N) is 1. The second kappa shape index (κ2) is 5.99. The lowest BCUT2D eigenvalue weighted by Gasteiger charge is -1.99. The lowest BCUT2D eigenvalue weighted by molar-refractivity contribution is -0.136. The highest BCUT2D eigenvalue weighted by molar-refractivity contribution is 8.01. The van der Waals surface area contributed by atoms with E-state index in [4.69, 9.17) is 5.11 Å². The van der Waals surface area contributed by atoms with E-state index in [1.54, 1.807) is 17.5 Å². The number of aromatic nitrogens is 1. The van der Waals surface area contributed by atoms with Gasteiger partial charge in [0.15, 0.2) is 10.1 Å². The average molecular weight is 293 g/mol.